The summed E-state index contributed by atoms with van der Waals surface area (Å²) in [6.07, 6.45) is 0.980. The van der Waals surface area contributed by atoms with Crippen LogP contribution >= 0.6 is 0 Å². The maximum atomic E-state index is 12.8. The molecule has 1 aliphatic rings. The number of aromatic nitrogens is 1. The Hall–Kier alpha value is -2.66. The molecule has 0 saturated carbocycles. The second kappa shape index (κ2) is 6.33. The Morgan fingerprint density at radius 2 is 1.68 bits per heavy atom. The van der Waals surface area contributed by atoms with E-state index in [0.717, 1.165) is 30.5 Å². The lowest BCUT2D eigenvalue weighted by molar-refractivity contribution is -0.130. The van der Waals surface area contributed by atoms with Crippen LogP contribution < -0.4 is 10.7 Å². The maximum Gasteiger partial charge on any atom is 0.242 e. The molecule has 1 aliphatic heterocycles. The second-order valence-electron chi connectivity index (χ2n) is 6.56. The number of benzene rings is 2. The molecule has 1 N–H and O–H groups in total. The number of carbonyl (C=O) groups excluding carboxylic acids is 1. The Labute approximate surface area is 145 Å². The van der Waals surface area contributed by atoms with Gasteiger partial charge in [-0.3, -0.25) is 9.59 Å². The van der Waals surface area contributed by atoms with E-state index in [1.165, 1.54) is 0 Å². The summed E-state index contributed by atoms with van der Waals surface area (Å²) < 4.78 is 1.97. The molecular weight excluding hydrogens is 314 g/mol. The van der Waals surface area contributed by atoms with Gasteiger partial charge in [-0.05, 0) is 37.7 Å². The molecule has 1 fully saturated rings. The molecule has 4 rings (SSSR count). The van der Waals surface area contributed by atoms with Gasteiger partial charge in [0.05, 0.1) is 11.0 Å². The summed E-state index contributed by atoms with van der Waals surface area (Å²) in [5.41, 5.74) is 1.64. The molecule has 1 saturated heterocycles. The van der Waals surface area contributed by atoms with Crippen molar-refractivity contribution < 1.29 is 4.79 Å². The lowest BCUT2D eigenvalue weighted by atomic mass is 10.1. The fourth-order valence-corrected chi connectivity index (χ4v) is 3.70. The number of para-hydroxylation sites is 2. The topological polar surface area (TPSA) is 54.3 Å². The molecular formula is C20H21N3O2. The highest BCUT2D eigenvalue weighted by molar-refractivity contribution is 5.94. The van der Waals surface area contributed by atoms with E-state index in [1.807, 2.05) is 65.0 Å². The number of nitrogens with zero attached hydrogens (tertiary/aromatic N) is 2. The number of nitrogens with one attached hydrogen (secondary N) is 1. The Balaban J connectivity index is 1.81. The quantitative estimate of drug-likeness (QED) is 0.745. The van der Waals surface area contributed by atoms with Crippen molar-refractivity contribution in [3.8, 4) is 0 Å². The van der Waals surface area contributed by atoms with E-state index >= 15 is 0 Å². The summed E-state index contributed by atoms with van der Waals surface area (Å²) in [4.78, 5) is 27.5. The Morgan fingerprint density at radius 3 is 2.24 bits per heavy atom. The number of pyridine rings is 1. The molecule has 2 aromatic carbocycles. The van der Waals surface area contributed by atoms with Crippen LogP contribution in [0.25, 0.3) is 21.8 Å². The summed E-state index contributed by atoms with van der Waals surface area (Å²) in [6.45, 7) is 1.77. The van der Waals surface area contributed by atoms with Crippen molar-refractivity contribution in [3.63, 3.8) is 0 Å². The molecule has 5 nitrogen and oxygen atoms in total. The number of fused-ring (bicyclic) bond motifs is 2. The van der Waals surface area contributed by atoms with E-state index in [4.69, 9.17) is 0 Å². The lowest BCUT2D eigenvalue weighted by Crippen LogP contribution is -2.35. The highest BCUT2D eigenvalue weighted by atomic mass is 16.2. The predicted octanol–water partition coefficient (Wildman–Crippen LogP) is 1.97. The average Bonchev–Trinajstić information content (AvgIpc) is 3.14. The summed E-state index contributed by atoms with van der Waals surface area (Å²) in [5.74, 6) is 0.0942. The van der Waals surface area contributed by atoms with Gasteiger partial charge < -0.3 is 14.8 Å². The third-order valence-electron chi connectivity index (χ3n) is 5.12. The number of rotatable bonds is 3. The number of carbonyl (C=O) groups is 1. The van der Waals surface area contributed by atoms with Crippen molar-refractivity contribution in [2.75, 3.05) is 20.1 Å². The SMILES string of the molecule is CNC1CCN(C(=O)Cn2c3ccccc3c(=O)c3ccccc32)C1. The highest BCUT2D eigenvalue weighted by Gasteiger charge is 2.25. The van der Waals surface area contributed by atoms with E-state index in [9.17, 15) is 9.59 Å². The molecule has 0 spiro atoms. The molecule has 1 unspecified atom stereocenters. The summed E-state index contributed by atoms with van der Waals surface area (Å²) in [6, 6.07) is 15.4. The molecule has 25 heavy (non-hydrogen) atoms. The van der Waals surface area contributed by atoms with Crippen LogP contribution in [0, 0.1) is 0 Å². The van der Waals surface area contributed by atoms with Gasteiger partial charge in [-0.2, -0.15) is 0 Å². The van der Waals surface area contributed by atoms with Crippen LogP contribution in [-0.2, 0) is 11.3 Å². The van der Waals surface area contributed by atoms with Crippen molar-refractivity contribution in [1.29, 1.82) is 0 Å². The number of hydrogen-bond donors (Lipinski definition) is 1. The van der Waals surface area contributed by atoms with Gasteiger partial charge in [-0.1, -0.05) is 24.3 Å². The zero-order chi connectivity index (χ0) is 17.4. The number of likely N-dealkylation sites (N-methyl/N-ethyl adjacent to an activating group) is 1. The third-order valence-corrected chi connectivity index (χ3v) is 5.12. The zero-order valence-corrected chi connectivity index (χ0v) is 14.2. The minimum Gasteiger partial charge on any atom is -0.340 e. The molecule has 0 bridgehead atoms. The molecule has 5 heteroatoms. The van der Waals surface area contributed by atoms with Gasteiger partial charge in [0.2, 0.25) is 5.91 Å². The normalized spacial score (nSPS) is 17.5. The van der Waals surface area contributed by atoms with E-state index in [2.05, 4.69) is 5.32 Å². The van der Waals surface area contributed by atoms with Crippen LogP contribution in [0.2, 0.25) is 0 Å². The molecule has 128 valence electrons. The summed E-state index contributed by atoms with van der Waals surface area (Å²) in [7, 11) is 1.93. The van der Waals surface area contributed by atoms with Crippen LogP contribution in [0.4, 0.5) is 0 Å². The second-order valence-corrected chi connectivity index (χ2v) is 6.56. The standard InChI is InChI=1S/C20H21N3O2/c1-21-14-10-11-22(12-14)19(24)13-23-17-8-4-2-6-15(17)20(25)16-7-3-5-9-18(16)23/h2-9,14,21H,10-13H2,1H3. The smallest absolute Gasteiger partial charge is 0.242 e. The minimum absolute atomic E-state index is 0.0197. The molecule has 3 aromatic rings. The van der Waals surface area contributed by atoms with Gasteiger partial charge in [0.25, 0.3) is 0 Å². The fourth-order valence-electron chi connectivity index (χ4n) is 3.70. The predicted molar refractivity (Wildman–Crippen MR) is 99.8 cm³/mol. The summed E-state index contributed by atoms with van der Waals surface area (Å²) >= 11 is 0. The average molecular weight is 335 g/mol. The van der Waals surface area contributed by atoms with Gasteiger partial charge in [0, 0.05) is 29.9 Å². The maximum absolute atomic E-state index is 12.8. The number of likely N-dealkylation sites (tertiary alicyclic amines) is 1. The fraction of sp³-hybridized carbons (Fsp3) is 0.300. The molecule has 0 aliphatic carbocycles. The highest BCUT2D eigenvalue weighted by Crippen LogP contribution is 2.20. The molecule has 1 amide bonds. The molecule has 1 atom stereocenters. The van der Waals surface area contributed by atoms with Crippen molar-refractivity contribution in [1.82, 2.24) is 14.8 Å². The Bertz CT molecular complexity index is 949. The minimum atomic E-state index is 0.0197. The first-order chi connectivity index (χ1) is 12.2. The van der Waals surface area contributed by atoms with Crippen LogP contribution in [0.3, 0.4) is 0 Å². The number of amides is 1. The van der Waals surface area contributed by atoms with E-state index < -0.39 is 0 Å². The molecule has 0 radical (unpaired) electrons. The molecule has 2 heterocycles. The van der Waals surface area contributed by atoms with Gasteiger partial charge >= 0.3 is 0 Å². The van der Waals surface area contributed by atoms with E-state index in [-0.39, 0.29) is 17.9 Å². The van der Waals surface area contributed by atoms with Gasteiger partial charge in [0.1, 0.15) is 6.54 Å². The number of hydrogen-bond acceptors (Lipinski definition) is 3. The third kappa shape index (κ3) is 2.70. The van der Waals surface area contributed by atoms with Crippen LogP contribution in [0.5, 0.6) is 0 Å². The van der Waals surface area contributed by atoms with Crippen molar-refractivity contribution >= 4 is 27.7 Å². The monoisotopic (exact) mass is 335 g/mol. The zero-order valence-electron chi connectivity index (χ0n) is 14.2. The lowest BCUT2D eigenvalue weighted by Gasteiger charge is -2.20. The first-order valence-electron chi connectivity index (χ1n) is 8.64. The van der Waals surface area contributed by atoms with Crippen LogP contribution in [0.1, 0.15) is 6.42 Å². The largest absolute Gasteiger partial charge is 0.340 e. The van der Waals surface area contributed by atoms with E-state index in [0.29, 0.717) is 16.8 Å². The van der Waals surface area contributed by atoms with Crippen LogP contribution in [0.15, 0.2) is 53.3 Å². The van der Waals surface area contributed by atoms with Gasteiger partial charge in [-0.15, -0.1) is 0 Å². The van der Waals surface area contributed by atoms with Gasteiger partial charge in [-0.25, -0.2) is 0 Å². The van der Waals surface area contributed by atoms with Crippen molar-refractivity contribution in [3.05, 3.63) is 58.8 Å². The van der Waals surface area contributed by atoms with E-state index in [1.54, 1.807) is 0 Å². The van der Waals surface area contributed by atoms with Crippen LogP contribution in [-0.4, -0.2) is 41.6 Å². The Morgan fingerprint density at radius 1 is 1.08 bits per heavy atom. The Kier molecular flexibility index (Phi) is 4.01. The first kappa shape index (κ1) is 15.8. The van der Waals surface area contributed by atoms with Gasteiger partial charge in [0.15, 0.2) is 5.43 Å². The van der Waals surface area contributed by atoms with Crippen molar-refractivity contribution in [2.24, 2.45) is 0 Å². The molecule has 1 aromatic heterocycles. The first-order valence-corrected chi connectivity index (χ1v) is 8.64. The summed E-state index contributed by atoms with van der Waals surface area (Å²) in [5, 5.41) is 4.55. The van der Waals surface area contributed by atoms with Crippen molar-refractivity contribution in [2.45, 2.75) is 19.0 Å².